The van der Waals surface area contributed by atoms with Crippen molar-refractivity contribution in [2.24, 2.45) is 35.5 Å². The van der Waals surface area contributed by atoms with Gasteiger partial charge in [-0.25, -0.2) is 0 Å². The number of hydrogen-bond acceptors (Lipinski definition) is 2. The van der Waals surface area contributed by atoms with Gasteiger partial charge in [-0.1, -0.05) is 31.9 Å². The van der Waals surface area contributed by atoms with Gasteiger partial charge in [0, 0.05) is 6.61 Å². The first kappa shape index (κ1) is 28.3. The fourth-order valence-corrected chi connectivity index (χ4v) is 7.86. The summed E-state index contributed by atoms with van der Waals surface area (Å²) in [6.07, 6.45) is 26.0. The highest BCUT2D eigenvalue weighted by Gasteiger charge is 2.32. The molecule has 0 N–H and O–H groups in total. The van der Waals surface area contributed by atoms with Gasteiger partial charge in [-0.2, -0.15) is 8.78 Å². The zero-order chi connectivity index (χ0) is 25.2. The van der Waals surface area contributed by atoms with Crippen molar-refractivity contribution >= 4 is 0 Å². The van der Waals surface area contributed by atoms with Gasteiger partial charge in [0.15, 0.2) is 0 Å². The summed E-state index contributed by atoms with van der Waals surface area (Å²) in [7, 11) is 0. The molecule has 1 aliphatic heterocycles. The van der Waals surface area contributed by atoms with Crippen molar-refractivity contribution in [2.75, 3.05) is 13.2 Å². The van der Waals surface area contributed by atoms with Crippen LogP contribution < -0.4 is 0 Å². The van der Waals surface area contributed by atoms with Crippen molar-refractivity contribution in [1.29, 1.82) is 0 Å². The summed E-state index contributed by atoms with van der Waals surface area (Å²) in [6, 6.07) is 0. The molecule has 0 spiro atoms. The smallest absolute Gasteiger partial charge is 0.266 e. The van der Waals surface area contributed by atoms with Crippen molar-refractivity contribution < 1.29 is 18.3 Å². The van der Waals surface area contributed by atoms with Crippen LogP contribution in [0.15, 0.2) is 24.3 Å². The van der Waals surface area contributed by atoms with Crippen LogP contribution in [-0.2, 0) is 9.47 Å². The van der Waals surface area contributed by atoms with Crippen molar-refractivity contribution in [1.82, 2.24) is 0 Å². The largest absolute Gasteiger partial charge is 0.378 e. The normalized spacial score (nSPS) is 38.2. The van der Waals surface area contributed by atoms with E-state index < -0.39 is 6.08 Å². The minimum atomic E-state index is -1.49. The molecule has 1 saturated heterocycles. The molecule has 4 aliphatic rings. The van der Waals surface area contributed by atoms with Gasteiger partial charge in [0.05, 0.1) is 18.8 Å². The van der Waals surface area contributed by atoms with Gasteiger partial charge < -0.3 is 9.47 Å². The molecule has 2 nitrogen and oxygen atoms in total. The number of halogens is 2. The van der Waals surface area contributed by atoms with Gasteiger partial charge >= 0.3 is 0 Å². The Morgan fingerprint density at radius 1 is 0.778 bits per heavy atom. The summed E-state index contributed by atoms with van der Waals surface area (Å²) in [5.74, 6) is 4.26. The van der Waals surface area contributed by atoms with E-state index in [1.54, 1.807) is 0 Å². The predicted octanol–water partition coefficient (Wildman–Crippen LogP) is 9.50. The lowest BCUT2D eigenvalue weighted by Crippen LogP contribution is -2.31. The van der Waals surface area contributed by atoms with Crippen LogP contribution in [0.3, 0.4) is 0 Å². The molecule has 4 rings (SSSR count). The van der Waals surface area contributed by atoms with Crippen LogP contribution in [-0.4, -0.2) is 25.4 Å². The molecule has 0 aromatic rings. The first-order valence-corrected chi connectivity index (χ1v) is 15.5. The molecule has 0 aromatic carbocycles. The Morgan fingerprint density at radius 3 is 2.00 bits per heavy atom. The van der Waals surface area contributed by atoms with Crippen LogP contribution in [0.5, 0.6) is 0 Å². The Balaban J connectivity index is 1.02. The van der Waals surface area contributed by atoms with Crippen molar-refractivity contribution in [3.63, 3.8) is 0 Å². The van der Waals surface area contributed by atoms with Crippen LogP contribution in [0.1, 0.15) is 116 Å². The fraction of sp³-hybridized carbons (Fsp3) is 0.875. The summed E-state index contributed by atoms with van der Waals surface area (Å²) in [5.41, 5.74) is 0. The highest BCUT2D eigenvalue weighted by Crippen LogP contribution is 2.42. The monoisotopic (exact) mass is 506 g/mol. The summed E-state index contributed by atoms with van der Waals surface area (Å²) in [5, 5.41) is 0. The van der Waals surface area contributed by atoms with Gasteiger partial charge in [-0.3, -0.25) is 0 Å². The molecule has 0 radical (unpaired) electrons. The standard InChI is InChI=1S/C32H52F2O2/c1-2-3-6-30-20-17-29(23-36-30)28-11-7-24(8-12-28)5-4-21-35-31-18-15-27(16-19-31)26-13-9-25(10-14-26)22-32(33)34/h3,6,22,24-31H,2,4-5,7-21,23H2,1H3/b6-3+. The lowest BCUT2D eigenvalue weighted by molar-refractivity contribution is -0.0178. The molecule has 4 fully saturated rings. The third kappa shape index (κ3) is 8.93. The van der Waals surface area contributed by atoms with E-state index in [2.05, 4.69) is 19.1 Å². The first-order valence-electron chi connectivity index (χ1n) is 15.5. The van der Waals surface area contributed by atoms with Crippen molar-refractivity contribution in [3.05, 3.63) is 24.3 Å². The maximum Gasteiger partial charge on any atom is 0.266 e. The Labute approximate surface area is 219 Å². The summed E-state index contributed by atoms with van der Waals surface area (Å²) >= 11 is 0. The van der Waals surface area contributed by atoms with Crippen molar-refractivity contribution in [3.8, 4) is 0 Å². The molecule has 206 valence electrons. The number of allylic oxidation sites excluding steroid dienone is 2. The van der Waals surface area contributed by atoms with Crippen molar-refractivity contribution in [2.45, 2.75) is 128 Å². The second-order valence-electron chi connectivity index (χ2n) is 12.5. The third-order valence-electron chi connectivity index (χ3n) is 10.2. The number of rotatable bonds is 10. The summed E-state index contributed by atoms with van der Waals surface area (Å²) in [6.45, 7) is 4.10. The second-order valence-corrected chi connectivity index (χ2v) is 12.5. The topological polar surface area (TPSA) is 18.5 Å². The minimum absolute atomic E-state index is 0.114. The van der Waals surface area contributed by atoms with Gasteiger partial charge in [-0.15, -0.1) is 0 Å². The van der Waals surface area contributed by atoms with E-state index in [-0.39, 0.29) is 5.92 Å². The molecule has 3 saturated carbocycles. The fourth-order valence-electron chi connectivity index (χ4n) is 7.86. The van der Waals surface area contributed by atoms with Crippen LogP contribution in [0, 0.1) is 35.5 Å². The second kappa shape index (κ2) is 15.0. The average Bonchev–Trinajstić information content (AvgIpc) is 2.91. The van der Waals surface area contributed by atoms with E-state index in [1.165, 1.54) is 83.1 Å². The molecule has 3 aliphatic carbocycles. The Bertz CT molecular complexity index is 656. The molecule has 4 heteroatoms. The summed E-state index contributed by atoms with van der Waals surface area (Å²) in [4.78, 5) is 0. The van der Waals surface area contributed by atoms with Gasteiger partial charge in [0.2, 0.25) is 0 Å². The van der Waals surface area contributed by atoms with Gasteiger partial charge in [0.25, 0.3) is 6.08 Å². The first-order chi connectivity index (χ1) is 17.6. The zero-order valence-corrected chi connectivity index (χ0v) is 22.9. The van der Waals surface area contributed by atoms with E-state index in [0.29, 0.717) is 12.2 Å². The summed E-state index contributed by atoms with van der Waals surface area (Å²) < 4.78 is 37.5. The van der Waals surface area contributed by atoms with Crippen LogP contribution >= 0.6 is 0 Å². The molecule has 0 amide bonds. The molecular weight excluding hydrogens is 454 g/mol. The molecular formula is C32H52F2O2. The van der Waals surface area contributed by atoms with Crippen LogP contribution in [0.2, 0.25) is 0 Å². The minimum Gasteiger partial charge on any atom is -0.378 e. The lowest BCUT2D eigenvalue weighted by atomic mass is 9.70. The zero-order valence-electron chi connectivity index (χ0n) is 22.9. The van der Waals surface area contributed by atoms with Gasteiger partial charge in [0.1, 0.15) is 0 Å². The molecule has 2 atom stereocenters. The average molecular weight is 507 g/mol. The maximum absolute atomic E-state index is 12.5. The Morgan fingerprint density at radius 2 is 1.39 bits per heavy atom. The molecule has 2 unspecified atom stereocenters. The maximum atomic E-state index is 12.5. The van der Waals surface area contributed by atoms with Gasteiger partial charge in [-0.05, 0) is 138 Å². The van der Waals surface area contributed by atoms with E-state index in [0.717, 1.165) is 74.9 Å². The quantitative estimate of drug-likeness (QED) is 0.217. The van der Waals surface area contributed by atoms with E-state index in [4.69, 9.17) is 9.47 Å². The molecule has 1 heterocycles. The van der Waals surface area contributed by atoms with E-state index in [9.17, 15) is 8.78 Å². The molecule has 0 bridgehead atoms. The van der Waals surface area contributed by atoms with Crippen LogP contribution in [0.25, 0.3) is 0 Å². The lowest BCUT2D eigenvalue weighted by Gasteiger charge is -2.38. The molecule has 36 heavy (non-hydrogen) atoms. The van der Waals surface area contributed by atoms with Crippen LogP contribution in [0.4, 0.5) is 8.78 Å². The SMILES string of the molecule is CC/C=C/C1CCC(C2CCC(CCCOC3CCC(C4CCC(C=C(F)F)CC4)CC3)CC2)CO1. The Hall–Kier alpha value is -0.740. The van der Waals surface area contributed by atoms with E-state index >= 15 is 0 Å². The highest BCUT2D eigenvalue weighted by molar-refractivity contribution is 4.93. The predicted molar refractivity (Wildman–Crippen MR) is 144 cm³/mol. The number of ether oxygens (including phenoxy) is 2. The molecule has 0 aromatic heterocycles. The number of hydrogen-bond donors (Lipinski definition) is 0. The Kier molecular flexibility index (Phi) is 11.8. The third-order valence-corrected chi connectivity index (χ3v) is 10.2. The van der Waals surface area contributed by atoms with E-state index in [1.807, 2.05) is 0 Å². The highest BCUT2D eigenvalue weighted by atomic mass is 19.3.